The minimum Gasteiger partial charge on any atom is -0.457 e. The van der Waals surface area contributed by atoms with Gasteiger partial charge in [-0.3, -0.25) is 9.59 Å². The Labute approximate surface area is 96.0 Å². The van der Waals surface area contributed by atoms with Gasteiger partial charge in [-0.05, 0) is 47.5 Å². The Morgan fingerprint density at radius 2 is 1.40 bits per heavy atom. The summed E-state index contributed by atoms with van der Waals surface area (Å²) in [5.41, 5.74) is 0. The standard InChI is InChI=1S/C10H6Cl2O3/c11-9(13)5-3-7-1-2-8(15-7)4-6-10(12)14/h1-6H. The second-order valence-corrected chi connectivity index (χ2v) is 3.26. The van der Waals surface area contributed by atoms with Crippen LogP contribution in [0.2, 0.25) is 0 Å². The highest BCUT2D eigenvalue weighted by atomic mass is 35.5. The van der Waals surface area contributed by atoms with Crippen molar-refractivity contribution in [3.8, 4) is 0 Å². The molecule has 0 saturated heterocycles. The molecule has 3 nitrogen and oxygen atoms in total. The van der Waals surface area contributed by atoms with Crippen LogP contribution in [-0.4, -0.2) is 10.5 Å². The number of carbonyl (C=O) groups is 2. The highest BCUT2D eigenvalue weighted by molar-refractivity contribution is 6.67. The third-order valence-electron chi connectivity index (χ3n) is 1.40. The normalized spacial score (nSPS) is 11.3. The summed E-state index contributed by atoms with van der Waals surface area (Å²) in [6, 6.07) is 3.27. The average Bonchev–Trinajstić information content (AvgIpc) is 2.59. The number of halogens is 2. The van der Waals surface area contributed by atoms with Gasteiger partial charge in [0.05, 0.1) is 0 Å². The third-order valence-corrected chi connectivity index (χ3v) is 1.66. The smallest absolute Gasteiger partial charge is 0.245 e. The maximum absolute atomic E-state index is 10.4. The van der Waals surface area contributed by atoms with Gasteiger partial charge in [0.15, 0.2) is 0 Å². The SMILES string of the molecule is O=C(Cl)C=Cc1ccc(C=CC(=O)Cl)o1. The van der Waals surface area contributed by atoms with E-state index in [2.05, 4.69) is 0 Å². The van der Waals surface area contributed by atoms with E-state index >= 15 is 0 Å². The maximum Gasteiger partial charge on any atom is 0.245 e. The number of carbonyl (C=O) groups excluding carboxylic acids is 2. The van der Waals surface area contributed by atoms with Gasteiger partial charge in [0.2, 0.25) is 10.5 Å². The Morgan fingerprint density at radius 1 is 1.00 bits per heavy atom. The van der Waals surface area contributed by atoms with Gasteiger partial charge >= 0.3 is 0 Å². The van der Waals surface area contributed by atoms with E-state index in [0.717, 1.165) is 0 Å². The molecule has 0 fully saturated rings. The van der Waals surface area contributed by atoms with Gasteiger partial charge in [0.25, 0.3) is 0 Å². The van der Waals surface area contributed by atoms with E-state index < -0.39 is 10.5 Å². The van der Waals surface area contributed by atoms with Gasteiger partial charge in [0, 0.05) is 12.2 Å². The molecule has 15 heavy (non-hydrogen) atoms. The lowest BCUT2D eigenvalue weighted by atomic mass is 10.4. The minimum atomic E-state index is -0.584. The van der Waals surface area contributed by atoms with Gasteiger partial charge in [0.1, 0.15) is 11.5 Å². The summed E-state index contributed by atoms with van der Waals surface area (Å²) in [5.74, 6) is 0.927. The van der Waals surface area contributed by atoms with E-state index in [9.17, 15) is 9.59 Å². The van der Waals surface area contributed by atoms with E-state index in [1.165, 1.54) is 24.3 Å². The Bertz CT molecular complexity index is 391. The lowest BCUT2D eigenvalue weighted by Crippen LogP contribution is -1.74. The molecular weight excluding hydrogens is 239 g/mol. The quantitative estimate of drug-likeness (QED) is 0.605. The predicted molar refractivity (Wildman–Crippen MR) is 58.5 cm³/mol. The summed E-state index contributed by atoms with van der Waals surface area (Å²) in [7, 11) is 0. The van der Waals surface area contributed by atoms with Crippen molar-refractivity contribution in [2.75, 3.05) is 0 Å². The highest BCUT2D eigenvalue weighted by Crippen LogP contribution is 2.11. The van der Waals surface area contributed by atoms with E-state index in [1.807, 2.05) is 0 Å². The van der Waals surface area contributed by atoms with Crippen molar-refractivity contribution in [3.63, 3.8) is 0 Å². The number of allylic oxidation sites excluding steroid dienone is 2. The van der Waals surface area contributed by atoms with Crippen molar-refractivity contribution in [2.45, 2.75) is 0 Å². The molecule has 1 aromatic rings. The zero-order valence-corrected chi connectivity index (χ0v) is 8.96. The lowest BCUT2D eigenvalue weighted by Gasteiger charge is -1.84. The Kier molecular flexibility index (Phi) is 4.34. The molecule has 0 aliphatic rings. The average molecular weight is 245 g/mol. The Balaban J connectivity index is 2.72. The maximum atomic E-state index is 10.4. The van der Waals surface area contributed by atoms with Crippen LogP contribution in [0.4, 0.5) is 0 Å². The lowest BCUT2D eigenvalue weighted by molar-refractivity contribution is -0.108. The fraction of sp³-hybridized carbons (Fsp3) is 0. The summed E-state index contributed by atoms with van der Waals surface area (Å²) >= 11 is 10.2. The van der Waals surface area contributed by atoms with Crippen LogP contribution in [0.15, 0.2) is 28.7 Å². The zero-order valence-electron chi connectivity index (χ0n) is 7.44. The molecule has 0 radical (unpaired) electrons. The first kappa shape index (κ1) is 11.8. The first-order valence-electron chi connectivity index (χ1n) is 3.93. The molecule has 0 aliphatic heterocycles. The second kappa shape index (κ2) is 5.53. The number of rotatable bonds is 4. The largest absolute Gasteiger partial charge is 0.457 e. The van der Waals surface area contributed by atoms with Crippen LogP contribution in [0, 0.1) is 0 Å². The van der Waals surface area contributed by atoms with Crippen LogP contribution < -0.4 is 0 Å². The minimum absolute atomic E-state index is 0.464. The molecule has 1 rings (SSSR count). The number of hydrogen-bond acceptors (Lipinski definition) is 3. The molecule has 0 saturated carbocycles. The molecule has 0 atom stereocenters. The summed E-state index contributed by atoms with van der Waals surface area (Å²) in [6.07, 6.45) is 5.19. The molecule has 1 aromatic heterocycles. The number of furan rings is 1. The molecule has 0 spiro atoms. The molecule has 0 aliphatic carbocycles. The zero-order chi connectivity index (χ0) is 11.3. The van der Waals surface area contributed by atoms with E-state index in [1.54, 1.807) is 12.1 Å². The molecule has 0 unspecified atom stereocenters. The van der Waals surface area contributed by atoms with Gasteiger partial charge in [-0.1, -0.05) is 0 Å². The highest BCUT2D eigenvalue weighted by Gasteiger charge is 1.96. The predicted octanol–water partition coefficient (Wildman–Crippen LogP) is 2.84. The molecule has 78 valence electrons. The summed E-state index contributed by atoms with van der Waals surface area (Å²) in [6.45, 7) is 0. The van der Waals surface area contributed by atoms with Crippen molar-refractivity contribution in [2.24, 2.45) is 0 Å². The second-order valence-electron chi connectivity index (χ2n) is 2.52. The van der Waals surface area contributed by atoms with Crippen LogP contribution in [0.1, 0.15) is 11.5 Å². The molecule has 1 heterocycles. The summed E-state index contributed by atoms with van der Waals surface area (Å²) in [4.78, 5) is 20.8. The summed E-state index contributed by atoms with van der Waals surface area (Å²) < 4.78 is 5.19. The molecule has 0 N–H and O–H groups in total. The van der Waals surface area contributed by atoms with Crippen molar-refractivity contribution in [3.05, 3.63) is 35.8 Å². The Hall–Kier alpha value is -1.32. The van der Waals surface area contributed by atoms with Gasteiger partial charge in [-0.15, -0.1) is 0 Å². The molecular formula is C10H6Cl2O3. The van der Waals surface area contributed by atoms with E-state index in [-0.39, 0.29) is 0 Å². The van der Waals surface area contributed by atoms with Crippen LogP contribution in [0.5, 0.6) is 0 Å². The number of hydrogen-bond donors (Lipinski definition) is 0. The van der Waals surface area contributed by atoms with Crippen molar-refractivity contribution < 1.29 is 14.0 Å². The van der Waals surface area contributed by atoms with Crippen LogP contribution >= 0.6 is 23.2 Å². The van der Waals surface area contributed by atoms with Crippen molar-refractivity contribution in [1.82, 2.24) is 0 Å². The van der Waals surface area contributed by atoms with Gasteiger partial charge in [-0.25, -0.2) is 0 Å². The molecule has 5 heteroatoms. The monoisotopic (exact) mass is 244 g/mol. The molecule has 0 amide bonds. The fourth-order valence-electron chi connectivity index (χ4n) is 0.843. The first-order chi connectivity index (χ1) is 7.08. The van der Waals surface area contributed by atoms with Crippen molar-refractivity contribution in [1.29, 1.82) is 0 Å². The van der Waals surface area contributed by atoms with Crippen LogP contribution in [-0.2, 0) is 9.59 Å². The molecule has 0 aromatic carbocycles. The fourth-order valence-corrected chi connectivity index (χ4v) is 0.969. The van der Waals surface area contributed by atoms with Crippen LogP contribution in [0.25, 0.3) is 12.2 Å². The Morgan fingerprint density at radius 3 is 1.73 bits per heavy atom. The topological polar surface area (TPSA) is 47.3 Å². The van der Waals surface area contributed by atoms with Crippen LogP contribution in [0.3, 0.4) is 0 Å². The van der Waals surface area contributed by atoms with E-state index in [4.69, 9.17) is 27.6 Å². The van der Waals surface area contributed by atoms with E-state index in [0.29, 0.717) is 11.5 Å². The summed E-state index contributed by atoms with van der Waals surface area (Å²) in [5, 5.41) is -1.17. The first-order valence-corrected chi connectivity index (χ1v) is 4.68. The van der Waals surface area contributed by atoms with Gasteiger partial charge in [-0.2, -0.15) is 0 Å². The molecule has 0 bridgehead atoms. The van der Waals surface area contributed by atoms with Gasteiger partial charge < -0.3 is 4.42 Å². The van der Waals surface area contributed by atoms with Crippen molar-refractivity contribution >= 4 is 45.8 Å². The third kappa shape index (κ3) is 4.63.